The summed E-state index contributed by atoms with van der Waals surface area (Å²) in [5.74, 6) is 0.876. The van der Waals surface area contributed by atoms with Gasteiger partial charge in [0.1, 0.15) is 11.3 Å². The van der Waals surface area contributed by atoms with E-state index in [0.717, 1.165) is 41.8 Å². The number of fused-ring (bicyclic) bond motifs is 1. The van der Waals surface area contributed by atoms with Crippen LogP contribution in [0.1, 0.15) is 33.7 Å². The van der Waals surface area contributed by atoms with Crippen LogP contribution in [0.3, 0.4) is 0 Å². The third-order valence-corrected chi connectivity index (χ3v) is 4.85. The minimum atomic E-state index is -0.178. The largest absolute Gasteiger partial charge is 0.493 e. The predicted octanol–water partition coefficient (Wildman–Crippen LogP) is 4.32. The van der Waals surface area contributed by atoms with Crippen LogP contribution in [0.2, 0.25) is 0 Å². The van der Waals surface area contributed by atoms with Gasteiger partial charge in [0.15, 0.2) is 5.76 Å². The minimum Gasteiger partial charge on any atom is -0.493 e. The van der Waals surface area contributed by atoms with Crippen molar-refractivity contribution in [2.75, 3.05) is 13.2 Å². The molecule has 0 fully saturated rings. The normalized spacial score (nSPS) is 11.0. The number of pyridine rings is 2. The van der Waals surface area contributed by atoms with Gasteiger partial charge in [0.2, 0.25) is 5.78 Å². The molecule has 30 heavy (non-hydrogen) atoms. The molecule has 3 aromatic heterocycles. The maximum atomic E-state index is 12.8. The number of furan rings is 1. The molecule has 4 rings (SSSR count). The van der Waals surface area contributed by atoms with Gasteiger partial charge in [-0.1, -0.05) is 12.1 Å². The van der Waals surface area contributed by atoms with Gasteiger partial charge >= 0.3 is 0 Å². The molecule has 0 radical (unpaired) electrons. The number of nitrogens with zero attached hydrogens (tertiary/aromatic N) is 2. The Bertz CT molecular complexity index is 1120. The number of nitrogens with one attached hydrogen (secondary N) is 1. The number of hydrogen-bond donors (Lipinski definition) is 1. The molecule has 0 spiro atoms. The van der Waals surface area contributed by atoms with E-state index >= 15 is 0 Å². The Morgan fingerprint density at radius 1 is 1.07 bits per heavy atom. The third-order valence-electron chi connectivity index (χ3n) is 4.85. The lowest BCUT2D eigenvalue weighted by molar-refractivity contribution is 0.101. The van der Waals surface area contributed by atoms with Crippen molar-refractivity contribution in [3.05, 3.63) is 89.7 Å². The lowest BCUT2D eigenvalue weighted by Gasteiger charge is -2.08. The third kappa shape index (κ3) is 4.39. The van der Waals surface area contributed by atoms with E-state index < -0.39 is 0 Å². The summed E-state index contributed by atoms with van der Waals surface area (Å²) >= 11 is 0. The lowest BCUT2D eigenvalue weighted by Crippen LogP contribution is -2.17. The molecule has 0 amide bonds. The van der Waals surface area contributed by atoms with Gasteiger partial charge in [-0.25, -0.2) is 0 Å². The quantitative estimate of drug-likeness (QED) is 0.332. The van der Waals surface area contributed by atoms with Gasteiger partial charge in [0, 0.05) is 42.5 Å². The van der Waals surface area contributed by atoms with Crippen LogP contribution in [-0.2, 0) is 6.54 Å². The summed E-state index contributed by atoms with van der Waals surface area (Å²) in [5, 5.41) is 4.23. The summed E-state index contributed by atoms with van der Waals surface area (Å²) in [6, 6.07) is 13.1. The van der Waals surface area contributed by atoms with Crippen molar-refractivity contribution in [2.45, 2.75) is 19.9 Å². The number of carbonyl (C=O) groups is 1. The lowest BCUT2D eigenvalue weighted by atomic mass is 10.1. The molecular weight excluding hydrogens is 378 g/mol. The molecule has 1 N–H and O–H groups in total. The fourth-order valence-electron chi connectivity index (χ4n) is 3.35. The first-order valence-electron chi connectivity index (χ1n) is 9.93. The highest BCUT2D eigenvalue weighted by Crippen LogP contribution is 2.34. The first kappa shape index (κ1) is 19.8. The number of aryl methyl sites for hydroxylation is 1. The molecule has 0 aliphatic carbocycles. The van der Waals surface area contributed by atoms with E-state index in [4.69, 9.17) is 9.15 Å². The molecule has 0 aliphatic rings. The van der Waals surface area contributed by atoms with Crippen LogP contribution in [-0.4, -0.2) is 28.9 Å². The van der Waals surface area contributed by atoms with Gasteiger partial charge in [-0.15, -0.1) is 0 Å². The van der Waals surface area contributed by atoms with E-state index in [1.165, 1.54) is 0 Å². The molecule has 6 nitrogen and oxygen atoms in total. The molecule has 0 saturated heterocycles. The van der Waals surface area contributed by atoms with Crippen molar-refractivity contribution in [1.29, 1.82) is 0 Å². The molecule has 3 heterocycles. The summed E-state index contributed by atoms with van der Waals surface area (Å²) in [6.45, 7) is 4.07. The molecule has 0 aliphatic heterocycles. The standard InChI is InChI=1S/C24H23N3O3/c1-17-22-20(29-13-5-12-26-15-18-6-3-10-25-14-18)8-2-9-21(22)30-24(17)23(28)19-7-4-11-27-16-19/h2-4,6-11,14,16,26H,5,12-13,15H2,1H3. The summed E-state index contributed by atoms with van der Waals surface area (Å²) in [6.07, 6.45) is 7.67. The molecular formula is C24H23N3O3. The first-order valence-corrected chi connectivity index (χ1v) is 9.93. The SMILES string of the molecule is Cc1c(C(=O)c2cccnc2)oc2cccc(OCCCNCc3cccnc3)c12. The Morgan fingerprint density at radius 2 is 1.90 bits per heavy atom. The Labute approximate surface area is 174 Å². The van der Waals surface area contributed by atoms with Crippen molar-refractivity contribution in [3.63, 3.8) is 0 Å². The Morgan fingerprint density at radius 3 is 2.67 bits per heavy atom. The predicted molar refractivity (Wildman–Crippen MR) is 115 cm³/mol. The van der Waals surface area contributed by atoms with Crippen LogP contribution in [0.25, 0.3) is 11.0 Å². The molecule has 0 saturated carbocycles. The second-order valence-electron chi connectivity index (χ2n) is 7.00. The number of hydrogen-bond acceptors (Lipinski definition) is 6. The molecule has 1 aromatic carbocycles. The molecule has 4 aromatic rings. The van der Waals surface area contributed by atoms with Gasteiger partial charge in [0.25, 0.3) is 0 Å². The summed E-state index contributed by atoms with van der Waals surface area (Å²) in [5.41, 5.74) is 3.08. The van der Waals surface area contributed by atoms with Crippen molar-refractivity contribution in [3.8, 4) is 5.75 Å². The van der Waals surface area contributed by atoms with Gasteiger partial charge in [-0.3, -0.25) is 14.8 Å². The smallest absolute Gasteiger partial charge is 0.230 e. The van der Waals surface area contributed by atoms with Gasteiger partial charge < -0.3 is 14.5 Å². The fraction of sp³-hybridized carbons (Fsp3) is 0.208. The second-order valence-corrected chi connectivity index (χ2v) is 7.00. The van der Waals surface area contributed by atoms with Crippen LogP contribution in [0.4, 0.5) is 0 Å². The molecule has 0 bridgehead atoms. The monoisotopic (exact) mass is 401 g/mol. The van der Waals surface area contributed by atoms with Crippen LogP contribution in [0.15, 0.2) is 71.7 Å². The molecule has 0 atom stereocenters. The topological polar surface area (TPSA) is 77.2 Å². The number of carbonyl (C=O) groups excluding carboxylic acids is 1. The number of aromatic nitrogens is 2. The zero-order valence-electron chi connectivity index (χ0n) is 16.8. The molecule has 6 heteroatoms. The zero-order chi connectivity index (χ0) is 20.8. The van der Waals surface area contributed by atoms with Gasteiger partial charge in [-0.2, -0.15) is 0 Å². The minimum absolute atomic E-state index is 0.178. The van der Waals surface area contributed by atoms with E-state index in [1.807, 2.05) is 43.5 Å². The Balaban J connectivity index is 1.40. The van der Waals surface area contributed by atoms with Crippen molar-refractivity contribution < 1.29 is 13.9 Å². The summed E-state index contributed by atoms with van der Waals surface area (Å²) in [4.78, 5) is 20.9. The summed E-state index contributed by atoms with van der Waals surface area (Å²) < 4.78 is 11.9. The fourth-order valence-corrected chi connectivity index (χ4v) is 3.35. The average molecular weight is 401 g/mol. The Hall–Kier alpha value is -3.51. The number of rotatable bonds is 9. The second kappa shape index (κ2) is 9.33. The van der Waals surface area contributed by atoms with E-state index in [0.29, 0.717) is 23.5 Å². The molecule has 152 valence electrons. The maximum Gasteiger partial charge on any atom is 0.230 e. The highest BCUT2D eigenvalue weighted by atomic mass is 16.5. The van der Waals surface area contributed by atoms with E-state index in [2.05, 4.69) is 15.3 Å². The number of ketones is 1. The van der Waals surface area contributed by atoms with Gasteiger partial charge in [0.05, 0.1) is 12.0 Å². The van der Waals surface area contributed by atoms with Crippen molar-refractivity contribution in [1.82, 2.24) is 15.3 Å². The number of benzene rings is 1. The zero-order valence-corrected chi connectivity index (χ0v) is 16.8. The highest BCUT2D eigenvalue weighted by molar-refractivity contribution is 6.10. The van der Waals surface area contributed by atoms with Crippen molar-refractivity contribution in [2.24, 2.45) is 0 Å². The molecule has 0 unspecified atom stereocenters. The van der Waals surface area contributed by atoms with E-state index in [1.54, 1.807) is 30.7 Å². The average Bonchev–Trinajstić information content (AvgIpc) is 3.14. The van der Waals surface area contributed by atoms with Gasteiger partial charge in [-0.05, 0) is 55.8 Å². The van der Waals surface area contributed by atoms with Crippen LogP contribution in [0, 0.1) is 6.92 Å². The summed E-state index contributed by atoms with van der Waals surface area (Å²) in [7, 11) is 0. The maximum absolute atomic E-state index is 12.8. The van der Waals surface area contributed by atoms with Crippen LogP contribution in [0.5, 0.6) is 5.75 Å². The highest BCUT2D eigenvalue weighted by Gasteiger charge is 2.21. The van der Waals surface area contributed by atoms with E-state index in [9.17, 15) is 4.79 Å². The van der Waals surface area contributed by atoms with Crippen molar-refractivity contribution >= 4 is 16.8 Å². The van der Waals surface area contributed by atoms with E-state index in [-0.39, 0.29) is 5.78 Å². The van der Waals surface area contributed by atoms with Crippen LogP contribution >= 0.6 is 0 Å². The first-order chi connectivity index (χ1) is 14.7. The van der Waals surface area contributed by atoms with Crippen LogP contribution < -0.4 is 10.1 Å². The Kier molecular flexibility index (Phi) is 6.15. The number of ether oxygens (including phenoxy) is 1.